The van der Waals surface area contributed by atoms with Gasteiger partial charge in [0.15, 0.2) is 0 Å². The maximum absolute atomic E-state index is 12.0. The summed E-state index contributed by atoms with van der Waals surface area (Å²) in [7, 11) is 0. The predicted octanol–water partition coefficient (Wildman–Crippen LogP) is 4.47. The molecule has 223 valence electrons. The molecule has 3 aliphatic rings. The first-order valence-corrected chi connectivity index (χ1v) is 14.7. The molecule has 2 unspecified atom stereocenters. The molecule has 0 saturated carbocycles. The molecule has 0 fully saturated rings. The Labute approximate surface area is 265 Å². The Bertz CT molecular complexity index is 1770. The van der Waals surface area contributed by atoms with Gasteiger partial charge in [-0.05, 0) is 82.2 Å². The van der Waals surface area contributed by atoms with E-state index in [0.717, 1.165) is 72.5 Å². The van der Waals surface area contributed by atoms with Crippen LogP contribution in [-0.4, -0.2) is 23.7 Å². The molecule has 8 bridgehead atoms. The number of nitrogens with one attached hydrogen (secondary N) is 2. The molecule has 43 heavy (non-hydrogen) atoms. The number of aromatic nitrogens is 2. The van der Waals surface area contributed by atoms with Gasteiger partial charge in [0.05, 0.1) is 12.1 Å². The third kappa shape index (κ3) is 6.15. The maximum Gasteiger partial charge on any atom is 3.00 e. The zero-order chi connectivity index (χ0) is 30.3. The van der Waals surface area contributed by atoms with Crippen molar-refractivity contribution >= 4 is 41.9 Å². The van der Waals surface area contributed by atoms with E-state index in [1.807, 2.05) is 12.2 Å². The van der Waals surface area contributed by atoms with Gasteiger partial charge >= 0.3 is 17.1 Å². The zero-order valence-electron chi connectivity index (χ0n) is 25.9. The van der Waals surface area contributed by atoms with Gasteiger partial charge in [0.25, 0.3) is 0 Å². The number of carbonyl (C=O) groups excluding carboxylic acids is 2. The Hall–Kier alpha value is -3.80. The standard InChI is InChI=1S/C36H40N4O2.Fe/c1-9-25-21(5)29-15-30-23(7)27(13-11-19(3)41)35(39-30)18-36-28(14-12-20(4)42)24(8)32(40-36)17-34-26(10-2)22(6)31(38-34)16-33(25)37-29;/h9-10,15-18,34-35,38-39H,1-2,11-14H2,3-8H3;/q-2;+3. The minimum atomic E-state index is -0.127. The molecule has 3 aliphatic heterocycles. The van der Waals surface area contributed by atoms with E-state index in [1.54, 1.807) is 13.8 Å². The molecule has 2 aromatic heterocycles. The van der Waals surface area contributed by atoms with Crippen LogP contribution in [0.4, 0.5) is 0 Å². The second kappa shape index (κ2) is 12.8. The van der Waals surface area contributed by atoms with E-state index in [-0.39, 0.29) is 40.7 Å². The van der Waals surface area contributed by atoms with Gasteiger partial charge in [-0.25, -0.2) is 0 Å². The van der Waals surface area contributed by atoms with Crippen molar-refractivity contribution in [1.29, 1.82) is 0 Å². The summed E-state index contributed by atoms with van der Waals surface area (Å²) in [6.45, 7) is 19.8. The number of Topliss-reactive ketones (excluding diaryl/α,β-unsaturated/α-hetero) is 2. The largest absolute Gasteiger partial charge is 3.00 e. The number of hydrogen-bond donors (Lipinski definition) is 2. The first-order chi connectivity index (χ1) is 20.0. The topological polar surface area (TPSA) is 86.4 Å². The van der Waals surface area contributed by atoms with Crippen LogP contribution in [0.2, 0.25) is 0 Å². The summed E-state index contributed by atoms with van der Waals surface area (Å²) in [6, 6.07) is -0.229. The molecule has 7 heteroatoms. The number of rotatable bonds is 8. The fraction of sp³-hybridized carbons (Fsp3) is 0.333. The van der Waals surface area contributed by atoms with Gasteiger partial charge in [-0.3, -0.25) is 0 Å². The minimum absolute atomic E-state index is 0. The molecule has 1 radical (unpaired) electrons. The van der Waals surface area contributed by atoms with E-state index in [0.29, 0.717) is 25.7 Å². The SMILES string of the molecule is C=CC1=C(C)C2=Cc3[n-]c(c(C)c3C=C)C=C3NC(C=c4[n-]c(c(C)c4CCC(C)=O)=CC1N2)C(CCC(C)=O)=C3C.[Fe+3]. The summed E-state index contributed by atoms with van der Waals surface area (Å²) >= 11 is 0. The number of hydrogen-bond acceptors (Lipinski definition) is 4. The molecule has 2 N–H and O–H groups in total. The second-order valence-corrected chi connectivity index (χ2v) is 11.6. The van der Waals surface area contributed by atoms with Gasteiger partial charge in [-0.1, -0.05) is 66.3 Å². The fourth-order valence-electron chi connectivity index (χ4n) is 6.26. The molecular formula is C36H40FeN4O2+. The van der Waals surface area contributed by atoms with E-state index >= 15 is 0 Å². The fourth-order valence-corrected chi connectivity index (χ4v) is 6.26. The summed E-state index contributed by atoms with van der Waals surface area (Å²) in [5, 5.41) is 9.16. The molecule has 0 spiro atoms. The minimum Gasteiger partial charge on any atom is -0.658 e. The summed E-state index contributed by atoms with van der Waals surface area (Å²) in [6.07, 6.45) is 14.5. The molecule has 5 heterocycles. The molecule has 5 rings (SSSR count). The first-order valence-electron chi connectivity index (χ1n) is 14.7. The monoisotopic (exact) mass is 616 g/mol. The van der Waals surface area contributed by atoms with Crippen molar-refractivity contribution in [2.75, 3.05) is 0 Å². The third-order valence-corrected chi connectivity index (χ3v) is 8.86. The quantitative estimate of drug-likeness (QED) is 0.426. The Kier molecular flexibility index (Phi) is 9.58. The summed E-state index contributed by atoms with van der Waals surface area (Å²) < 4.78 is 0. The number of carbonyl (C=O) groups is 2. The van der Waals surface area contributed by atoms with Crippen LogP contribution >= 0.6 is 0 Å². The van der Waals surface area contributed by atoms with Crippen LogP contribution < -0.4 is 31.3 Å². The van der Waals surface area contributed by atoms with Crippen LogP contribution in [0.25, 0.3) is 30.4 Å². The molecule has 0 amide bonds. The van der Waals surface area contributed by atoms with Crippen LogP contribution in [0.3, 0.4) is 0 Å². The van der Waals surface area contributed by atoms with Crippen molar-refractivity contribution in [3.8, 4) is 0 Å². The van der Waals surface area contributed by atoms with E-state index in [9.17, 15) is 9.59 Å². The Balaban J connectivity index is 0.00000423. The van der Waals surface area contributed by atoms with Crippen LogP contribution in [0.5, 0.6) is 0 Å². The Morgan fingerprint density at radius 1 is 0.791 bits per heavy atom. The van der Waals surface area contributed by atoms with Crippen molar-refractivity contribution in [3.05, 3.63) is 97.3 Å². The van der Waals surface area contributed by atoms with Crippen molar-refractivity contribution in [2.45, 2.75) is 79.3 Å². The van der Waals surface area contributed by atoms with E-state index in [2.05, 4.69) is 75.8 Å². The van der Waals surface area contributed by atoms with Crippen molar-refractivity contribution in [2.24, 2.45) is 0 Å². The van der Waals surface area contributed by atoms with Gasteiger partial charge in [0.2, 0.25) is 0 Å². The Morgan fingerprint density at radius 3 is 2.05 bits per heavy atom. The normalized spacial score (nSPS) is 18.9. The summed E-state index contributed by atoms with van der Waals surface area (Å²) in [5.74, 6) is 0.319. The van der Waals surface area contributed by atoms with Gasteiger partial charge in [-0.2, -0.15) is 0 Å². The molecule has 0 saturated heterocycles. The molecule has 2 aromatic rings. The van der Waals surface area contributed by atoms with Crippen molar-refractivity contribution in [1.82, 2.24) is 20.6 Å². The van der Waals surface area contributed by atoms with Crippen LogP contribution in [0.15, 0.2) is 52.9 Å². The maximum atomic E-state index is 12.0. The average Bonchev–Trinajstić information content (AvgIpc) is 3.59. The second-order valence-electron chi connectivity index (χ2n) is 11.6. The number of ketones is 2. The number of fused-ring (bicyclic) bond motifs is 8. The molecule has 6 nitrogen and oxygen atoms in total. The average molecular weight is 617 g/mol. The molecule has 0 aromatic carbocycles. The predicted molar refractivity (Wildman–Crippen MR) is 172 cm³/mol. The third-order valence-electron chi connectivity index (χ3n) is 8.86. The zero-order valence-corrected chi connectivity index (χ0v) is 27.0. The van der Waals surface area contributed by atoms with Crippen LogP contribution in [0, 0.1) is 13.8 Å². The van der Waals surface area contributed by atoms with Crippen LogP contribution in [-0.2, 0) is 33.1 Å². The molecular weight excluding hydrogens is 576 g/mol. The van der Waals surface area contributed by atoms with Crippen molar-refractivity contribution in [3.63, 3.8) is 0 Å². The van der Waals surface area contributed by atoms with E-state index < -0.39 is 0 Å². The van der Waals surface area contributed by atoms with Gasteiger partial charge < -0.3 is 30.2 Å². The van der Waals surface area contributed by atoms with Crippen LogP contribution in [0.1, 0.15) is 80.6 Å². The Morgan fingerprint density at radius 2 is 1.40 bits per heavy atom. The van der Waals surface area contributed by atoms with E-state index in [1.165, 1.54) is 5.57 Å². The summed E-state index contributed by atoms with van der Waals surface area (Å²) in [4.78, 5) is 34.2. The number of allylic oxidation sites excluding steroid dienone is 2. The van der Waals surface area contributed by atoms with Gasteiger partial charge in [0, 0.05) is 24.2 Å². The summed E-state index contributed by atoms with van der Waals surface area (Å²) in [5.41, 5.74) is 12.5. The smallest absolute Gasteiger partial charge is 0.658 e. The van der Waals surface area contributed by atoms with Gasteiger partial charge in [0.1, 0.15) is 11.6 Å². The molecule has 0 aliphatic carbocycles. The van der Waals surface area contributed by atoms with Gasteiger partial charge in [-0.15, -0.1) is 22.1 Å². The number of nitrogens with zero attached hydrogens (tertiary/aromatic N) is 2. The van der Waals surface area contributed by atoms with E-state index in [4.69, 9.17) is 9.97 Å². The van der Waals surface area contributed by atoms with Crippen molar-refractivity contribution < 1.29 is 26.7 Å². The molecule has 2 atom stereocenters. The first kappa shape index (κ1) is 32.1.